The van der Waals surface area contributed by atoms with Gasteiger partial charge in [-0.05, 0) is 6.42 Å². The fourth-order valence-corrected chi connectivity index (χ4v) is 3.39. The van der Waals surface area contributed by atoms with Crippen molar-refractivity contribution < 1.29 is 5.11 Å². The molecule has 0 bridgehead atoms. The third-order valence-corrected chi connectivity index (χ3v) is 4.63. The Hall–Kier alpha value is -3.17. The molecular formula is C24H22N2O. The number of imidazole rings is 1. The molecule has 134 valence electrons. The molecule has 27 heavy (non-hydrogen) atoms. The van der Waals surface area contributed by atoms with E-state index < -0.39 is 0 Å². The summed E-state index contributed by atoms with van der Waals surface area (Å²) in [6, 6.07) is 30.9. The number of benzene rings is 3. The fourth-order valence-electron chi connectivity index (χ4n) is 3.39. The Morgan fingerprint density at radius 2 is 1.19 bits per heavy atom. The minimum absolute atomic E-state index is 0.154. The standard InChI is InChI=1S/C24H22N2O/c27-18-10-17-26-23(20-13-6-2-7-14-20)22(19-11-4-1-5-12-19)25-24(26)21-15-8-3-9-16-21/h1-9,11-16,27H,10,17-18H2. The maximum atomic E-state index is 9.44. The Bertz CT molecular complexity index is 993. The molecule has 0 atom stereocenters. The SMILES string of the molecule is OCCCn1c(-c2ccccc2)nc(-c2ccccc2)c1-c1ccccc1. The lowest BCUT2D eigenvalue weighted by Gasteiger charge is -2.13. The predicted octanol–water partition coefficient (Wildman–Crippen LogP) is 5.27. The van der Waals surface area contributed by atoms with Gasteiger partial charge in [0.05, 0.1) is 11.4 Å². The molecule has 1 N–H and O–H groups in total. The second kappa shape index (κ2) is 8.02. The molecule has 0 aliphatic carbocycles. The molecular weight excluding hydrogens is 332 g/mol. The highest BCUT2D eigenvalue weighted by Crippen LogP contribution is 2.36. The molecule has 4 rings (SSSR count). The molecule has 0 saturated carbocycles. The van der Waals surface area contributed by atoms with Gasteiger partial charge < -0.3 is 9.67 Å². The number of hydrogen-bond donors (Lipinski definition) is 1. The Morgan fingerprint density at radius 3 is 1.74 bits per heavy atom. The number of rotatable bonds is 6. The summed E-state index contributed by atoms with van der Waals surface area (Å²) in [6.07, 6.45) is 0.685. The number of aliphatic hydroxyl groups excluding tert-OH is 1. The van der Waals surface area contributed by atoms with Crippen LogP contribution in [-0.4, -0.2) is 21.3 Å². The van der Waals surface area contributed by atoms with Crippen molar-refractivity contribution >= 4 is 0 Å². The average Bonchev–Trinajstić information content (AvgIpc) is 3.13. The van der Waals surface area contributed by atoms with Gasteiger partial charge in [0, 0.05) is 29.8 Å². The van der Waals surface area contributed by atoms with Gasteiger partial charge >= 0.3 is 0 Å². The molecule has 3 nitrogen and oxygen atoms in total. The largest absolute Gasteiger partial charge is 0.396 e. The highest BCUT2D eigenvalue weighted by Gasteiger charge is 2.20. The molecule has 0 unspecified atom stereocenters. The number of aliphatic hydroxyl groups is 1. The van der Waals surface area contributed by atoms with Crippen LogP contribution in [0, 0.1) is 0 Å². The first kappa shape index (κ1) is 17.3. The van der Waals surface area contributed by atoms with E-state index in [9.17, 15) is 5.11 Å². The van der Waals surface area contributed by atoms with Crippen molar-refractivity contribution in [3.63, 3.8) is 0 Å². The first-order valence-corrected chi connectivity index (χ1v) is 9.26. The van der Waals surface area contributed by atoms with Gasteiger partial charge in [-0.1, -0.05) is 91.0 Å². The van der Waals surface area contributed by atoms with Crippen molar-refractivity contribution in [1.82, 2.24) is 9.55 Å². The van der Waals surface area contributed by atoms with Gasteiger partial charge in [-0.3, -0.25) is 0 Å². The molecule has 1 heterocycles. The van der Waals surface area contributed by atoms with Gasteiger partial charge in [-0.25, -0.2) is 4.98 Å². The maximum Gasteiger partial charge on any atom is 0.141 e. The van der Waals surface area contributed by atoms with E-state index in [1.807, 2.05) is 42.5 Å². The van der Waals surface area contributed by atoms with Crippen molar-refractivity contribution in [3.8, 4) is 33.9 Å². The molecule has 3 heteroatoms. The van der Waals surface area contributed by atoms with Crippen molar-refractivity contribution in [2.75, 3.05) is 6.61 Å². The molecule has 0 spiro atoms. The van der Waals surface area contributed by atoms with E-state index in [-0.39, 0.29) is 6.61 Å². The van der Waals surface area contributed by atoms with Gasteiger partial charge in [0.2, 0.25) is 0 Å². The van der Waals surface area contributed by atoms with Crippen LogP contribution in [0.1, 0.15) is 6.42 Å². The highest BCUT2D eigenvalue weighted by molar-refractivity contribution is 5.82. The van der Waals surface area contributed by atoms with Gasteiger partial charge in [0.25, 0.3) is 0 Å². The van der Waals surface area contributed by atoms with Crippen LogP contribution >= 0.6 is 0 Å². The van der Waals surface area contributed by atoms with Gasteiger partial charge in [-0.15, -0.1) is 0 Å². The number of aromatic nitrogens is 2. The first-order chi connectivity index (χ1) is 13.4. The molecule has 0 radical (unpaired) electrons. The molecule has 0 amide bonds. The summed E-state index contributed by atoms with van der Waals surface area (Å²) in [6.45, 7) is 0.867. The fraction of sp³-hybridized carbons (Fsp3) is 0.125. The second-order valence-electron chi connectivity index (χ2n) is 6.46. The smallest absolute Gasteiger partial charge is 0.141 e. The van der Waals surface area contributed by atoms with Crippen LogP contribution < -0.4 is 0 Å². The van der Waals surface area contributed by atoms with Crippen LogP contribution in [0.5, 0.6) is 0 Å². The van der Waals surface area contributed by atoms with Crippen molar-refractivity contribution in [2.45, 2.75) is 13.0 Å². The lowest BCUT2D eigenvalue weighted by Crippen LogP contribution is -2.04. The maximum absolute atomic E-state index is 9.44. The molecule has 0 fully saturated rings. The Balaban J connectivity index is 1.99. The summed E-state index contributed by atoms with van der Waals surface area (Å²) in [5.41, 5.74) is 5.36. The number of nitrogens with zero attached hydrogens (tertiary/aromatic N) is 2. The van der Waals surface area contributed by atoms with Crippen molar-refractivity contribution in [2.24, 2.45) is 0 Å². The van der Waals surface area contributed by atoms with E-state index in [0.29, 0.717) is 13.0 Å². The minimum atomic E-state index is 0.154. The lowest BCUT2D eigenvalue weighted by atomic mass is 10.0. The van der Waals surface area contributed by atoms with E-state index in [0.717, 1.165) is 33.9 Å². The van der Waals surface area contributed by atoms with E-state index in [1.54, 1.807) is 0 Å². The summed E-state index contributed by atoms with van der Waals surface area (Å²) >= 11 is 0. The Kier molecular flexibility index (Phi) is 5.13. The van der Waals surface area contributed by atoms with Crippen molar-refractivity contribution in [1.29, 1.82) is 0 Å². The summed E-state index contributed by atoms with van der Waals surface area (Å²) in [7, 11) is 0. The predicted molar refractivity (Wildman–Crippen MR) is 110 cm³/mol. The van der Waals surface area contributed by atoms with Crippen LogP contribution in [0.25, 0.3) is 33.9 Å². The average molecular weight is 354 g/mol. The quantitative estimate of drug-likeness (QED) is 0.512. The Morgan fingerprint density at radius 1 is 0.667 bits per heavy atom. The van der Waals surface area contributed by atoms with Gasteiger partial charge in [-0.2, -0.15) is 0 Å². The molecule has 0 aliphatic heterocycles. The monoisotopic (exact) mass is 354 g/mol. The van der Waals surface area contributed by atoms with Crippen LogP contribution in [0.15, 0.2) is 91.0 Å². The molecule has 0 aliphatic rings. The van der Waals surface area contributed by atoms with Gasteiger partial charge in [0.1, 0.15) is 5.82 Å². The third kappa shape index (κ3) is 3.55. The summed E-state index contributed by atoms with van der Waals surface area (Å²) < 4.78 is 2.24. The summed E-state index contributed by atoms with van der Waals surface area (Å²) in [4.78, 5) is 5.06. The van der Waals surface area contributed by atoms with E-state index in [1.165, 1.54) is 0 Å². The normalized spacial score (nSPS) is 10.9. The highest BCUT2D eigenvalue weighted by atomic mass is 16.3. The van der Waals surface area contributed by atoms with Crippen LogP contribution in [-0.2, 0) is 6.54 Å². The lowest BCUT2D eigenvalue weighted by molar-refractivity contribution is 0.280. The van der Waals surface area contributed by atoms with E-state index in [2.05, 4.69) is 53.1 Å². The van der Waals surface area contributed by atoms with E-state index in [4.69, 9.17) is 4.98 Å². The van der Waals surface area contributed by atoms with Gasteiger partial charge in [0.15, 0.2) is 0 Å². The number of hydrogen-bond acceptors (Lipinski definition) is 2. The third-order valence-electron chi connectivity index (χ3n) is 4.63. The molecule has 3 aromatic carbocycles. The summed E-state index contributed by atoms with van der Waals surface area (Å²) in [5, 5.41) is 9.44. The van der Waals surface area contributed by atoms with E-state index >= 15 is 0 Å². The minimum Gasteiger partial charge on any atom is -0.396 e. The summed E-state index contributed by atoms with van der Waals surface area (Å²) in [5.74, 6) is 0.932. The van der Waals surface area contributed by atoms with Crippen LogP contribution in [0.3, 0.4) is 0 Å². The Labute approximate surface area is 159 Å². The zero-order valence-electron chi connectivity index (χ0n) is 15.1. The molecule has 4 aromatic rings. The van der Waals surface area contributed by atoms with Crippen LogP contribution in [0.2, 0.25) is 0 Å². The van der Waals surface area contributed by atoms with Crippen molar-refractivity contribution in [3.05, 3.63) is 91.0 Å². The first-order valence-electron chi connectivity index (χ1n) is 9.26. The zero-order chi connectivity index (χ0) is 18.5. The molecule has 0 saturated heterocycles. The second-order valence-corrected chi connectivity index (χ2v) is 6.46. The zero-order valence-corrected chi connectivity index (χ0v) is 15.1. The van der Waals surface area contributed by atoms with Crippen LogP contribution in [0.4, 0.5) is 0 Å². The molecule has 1 aromatic heterocycles. The topological polar surface area (TPSA) is 38.0 Å².